The summed E-state index contributed by atoms with van der Waals surface area (Å²) in [6, 6.07) is -10.2. The Bertz CT molecular complexity index is 2140. The third-order valence-electron chi connectivity index (χ3n) is 11.9. The number of primary amides is 1. The van der Waals surface area contributed by atoms with E-state index >= 15 is 0 Å². The van der Waals surface area contributed by atoms with Crippen molar-refractivity contribution in [2.24, 2.45) is 47.0 Å². The number of carboxylic acid groups (broad SMARTS) is 1. The quantitative estimate of drug-likeness (QED) is 0.0295. The highest BCUT2D eigenvalue weighted by atomic mass is 16.4. The van der Waals surface area contributed by atoms with E-state index in [2.05, 4.69) is 58.5 Å². The molecule has 0 heterocycles. The first-order chi connectivity index (χ1) is 37.6. The lowest BCUT2D eigenvalue weighted by molar-refractivity contribution is -0.138. The Labute approximate surface area is 475 Å². The molecule has 28 nitrogen and oxygen atoms in total. The molecule has 0 aromatic carbocycles. The lowest BCUT2D eigenvalue weighted by Crippen LogP contribution is -2.59. The third kappa shape index (κ3) is 32.2. The van der Waals surface area contributed by atoms with E-state index in [1.165, 1.54) is 6.92 Å². The molecule has 0 aliphatic rings. The molecule has 81 heavy (non-hydrogen) atoms. The smallest absolute Gasteiger partial charge is 0.303 e. The summed E-state index contributed by atoms with van der Waals surface area (Å²) in [5, 5.41) is 47.2. The van der Waals surface area contributed by atoms with Gasteiger partial charge in [-0.25, -0.2) is 0 Å². The lowest BCUT2D eigenvalue weighted by Gasteiger charge is -2.27. The zero-order valence-corrected chi connectivity index (χ0v) is 49.5. The van der Waals surface area contributed by atoms with Crippen molar-refractivity contribution < 1.29 is 72.5 Å². The summed E-state index contributed by atoms with van der Waals surface area (Å²) in [6.07, 6.45) is -1.76. The summed E-state index contributed by atoms with van der Waals surface area (Å²) in [4.78, 5) is 169. The molecule has 0 spiro atoms. The first kappa shape index (κ1) is 74.0. The molecule has 0 saturated heterocycles. The summed E-state index contributed by atoms with van der Waals surface area (Å²) in [6.45, 7) is 20.2. The minimum atomic E-state index is -1.63. The number of carbonyl (C=O) groups excluding carboxylic acids is 12. The standard InChI is InChI=1S/C53H95N13O15/c1-26(2)16-34(46(55)74)59-41(69)23-57-49(77)36(18-28(5)6)65-53(81)45(32(13)67)66-43(71)25-58-48(76)35(17-27(3)4)63-51(79)38(20-30(9)10)61-42(70)24-56-47(75)33(14-15-44(72)73)62-52(80)39(21-31(11)12)64-50(78)37(19-29(7)8)60-40(68)22-54/h26-39,45,67H,14-25,54H2,1-13H3,(H2,55,74)(H,56,75)(H,57,77)(H,58,76)(H,59,69)(H,60,68)(H,61,70)(H,62,80)(H,63,79)(H,64,78)(H,65,81)(H,66,71)(H,72,73)/t32-,33+,34+,35+,36+,37+,38+,39+,45+/m1/s1. The van der Waals surface area contributed by atoms with Crippen LogP contribution in [0.5, 0.6) is 0 Å². The van der Waals surface area contributed by atoms with Gasteiger partial charge in [-0.3, -0.25) is 62.3 Å². The van der Waals surface area contributed by atoms with Gasteiger partial charge >= 0.3 is 5.97 Å². The minimum absolute atomic E-state index is 0.0241. The summed E-state index contributed by atoms with van der Waals surface area (Å²) in [7, 11) is 0. The average molecular weight is 1150 g/mol. The molecule has 0 unspecified atom stereocenters. The van der Waals surface area contributed by atoms with Crippen LogP contribution in [0.4, 0.5) is 0 Å². The number of aliphatic carboxylic acids is 1. The summed E-state index contributed by atoms with van der Waals surface area (Å²) >= 11 is 0. The van der Waals surface area contributed by atoms with Crippen LogP contribution in [-0.2, 0) is 62.3 Å². The van der Waals surface area contributed by atoms with Gasteiger partial charge < -0.3 is 80.2 Å². The number of amides is 12. The molecule has 0 aliphatic carbocycles. The van der Waals surface area contributed by atoms with Gasteiger partial charge in [-0.2, -0.15) is 0 Å². The third-order valence-corrected chi connectivity index (χ3v) is 11.9. The van der Waals surface area contributed by atoms with Gasteiger partial charge in [-0.05, 0) is 87.4 Å². The topological polar surface area (TPSA) is 447 Å². The van der Waals surface area contributed by atoms with Crippen LogP contribution < -0.4 is 70.0 Å². The second-order valence-electron chi connectivity index (χ2n) is 22.9. The Morgan fingerprint density at radius 3 is 0.951 bits per heavy atom. The number of carbonyl (C=O) groups is 13. The SMILES string of the molecule is CC(C)C[C@H](NC(=O)CNC(=O)[C@H](CC(C)C)NC(=O)[C@@H](NC(=O)CNC(=O)[C@H](CC(C)C)NC(=O)[C@H](CC(C)C)NC(=O)CNC(=O)[C@H](CCC(=O)O)NC(=O)[C@H](CC(C)C)NC(=O)[C@H](CC(C)C)NC(=O)CN)[C@@H](C)O)C(N)=O. The van der Waals surface area contributed by atoms with Gasteiger partial charge in [0.15, 0.2) is 0 Å². The molecule has 9 atom stereocenters. The predicted molar refractivity (Wildman–Crippen MR) is 298 cm³/mol. The highest BCUT2D eigenvalue weighted by Gasteiger charge is 2.34. The summed E-state index contributed by atoms with van der Waals surface area (Å²) in [5.41, 5.74) is 10.8. The molecule has 0 bridgehead atoms. The molecule has 0 fully saturated rings. The highest BCUT2D eigenvalue weighted by molar-refractivity contribution is 5.98. The highest BCUT2D eigenvalue weighted by Crippen LogP contribution is 2.13. The first-order valence-electron chi connectivity index (χ1n) is 27.7. The molecular weight excluding hydrogens is 1060 g/mol. The van der Waals surface area contributed by atoms with Gasteiger partial charge in [-0.15, -0.1) is 0 Å². The fraction of sp³-hybridized carbons (Fsp3) is 0.755. The zero-order valence-electron chi connectivity index (χ0n) is 49.5. The number of hydrogen-bond acceptors (Lipinski definition) is 15. The summed E-state index contributed by atoms with van der Waals surface area (Å²) in [5.74, 6) is -11.7. The predicted octanol–water partition coefficient (Wildman–Crippen LogP) is -2.82. The molecule has 0 aromatic heterocycles. The lowest BCUT2D eigenvalue weighted by atomic mass is 9.99. The Morgan fingerprint density at radius 2 is 0.630 bits per heavy atom. The van der Waals surface area contributed by atoms with E-state index in [0.717, 1.165) is 0 Å². The molecule has 0 aromatic rings. The van der Waals surface area contributed by atoms with Gasteiger partial charge in [0.25, 0.3) is 0 Å². The van der Waals surface area contributed by atoms with Crippen LogP contribution in [0.3, 0.4) is 0 Å². The van der Waals surface area contributed by atoms with E-state index in [-0.39, 0.29) is 80.6 Å². The Morgan fingerprint density at radius 1 is 0.358 bits per heavy atom. The van der Waals surface area contributed by atoms with Gasteiger partial charge in [0.1, 0.15) is 48.3 Å². The maximum absolute atomic E-state index is 13.8. The van der Waals surface area contributed by atoms with Crippen LogP contribution in [0.1, 0.15) is 141 Å². The van der Waals surface area contributed by atoms with Crippen molar-refractivity contribution in [1.82, 2.24) is 58.5 Å². The summed E-state index contributed by atoms with van der Waals surface area (Å²) < 4.78 is 0. The molecule has 17 N–H and O–H groups in total. The van der Waals surface area contributed by atoms with Crippen LogP contribution in [-0.4, -0.2) is 168 Å². The van der Waals surface area contributed by atoms with Crippen LogP contribution in [0.25, 0.3) is 0 Å². The molecule has 0 saturated carbocycles. The van der Waals surface area contributed by atoms with Crippen LogP contribution in [0.2, 0.25) is 0 Å². The molecule has 0 rings (SSSR count). The monoisotopic (exact) mass is 1150 g/mol. The van der Waals surface area contributed by atoms with Crippen molar-refractivity contribution in [3.8, 4) is 0 Å². The Hall–Kier alpha value is -6.97. The molecular formula is C53H95N13O15. The van der Waals surface area contributed by atoms with Crippen molar-refractivity contribution in [1.29, 1.82) is 0 Å². The number of aliphatic hydroxyl groups is 1. The number of nitrogens with two attached hydrogens (primary N) is 2. The number of aliphatic hydroxyl groups excluding tert-OH is 1. The minimum Gasteiger partial charge on any atom is -0.481 e. The van der Waals surface area contributed by atoms with E-state index in [0.29, 0.717) is 0 Å². The number of carboxylic acids is 1. The van der Waals surface area contributed by atoms with E-state index in [1.807, 2.05) is 27.7 Å². The van der Waals surface area contributed by atoms with Crippen molar-refractivity contribution in [3.05, 3.63) is 0 Å². The average Bonchev–Trinajstić information content (AvgIpc) is 3.34. The fourth-order valence-corrected chi connectivity index (χ4v) is 8.09. The van der Waals surface area contributed by atoms with Crippen LogP contribution in [0.15, 0.2) is 0 Å². The van der Waals surface area contributed by atoms with Crippen molar-refractivity contribution in [3.63, 3.8) is 0 Å². The van der Waals surface area contributed by atoms with E-state index in [9.17, 15) is 72.5 Å². The second-order valence-corrected chi connectivity index (χ2v) is 22.9. The van der Waals surface area contributed by atoms with E-state index in [1.54, 1.807) is 55.4 Å². The first-order valence-corrected chi connectivity index (χ1v) is 27.7. The maximum Gasteiger partial charge on any atom is 0.303 e. The van der Waals surface area contributed by atoms with Gasteiger partial charge in [0.2, 0.25) is 70.9 Å². The molecule has 0 aliphatic heterocycles. The fourth-order valence-electron chi connectivity index (χ4n) is 8.09. The second kappa shape index (κ2) is 37.9. The molecule has 0 radical (unpaired) electrons. The maximum atomic E-state index is 13.8. The van der Waals surface area contributed by atoms with Crippen LogP contribution >= 0.6 is 0 Å². The Kier molecular flexibility index (Phi) is 34.6. The number of nitrogens with one attached hydrogen (secondary N) is 11. The molecule has 28 heteroatoms. The van der Waals surface area contributed by atoms with Gasteiger partial charge in [0, 0.05) is 6.42 Å². The van der Waals surface area contributed by atoms with Gasteiger partial charge in [0.05, 0.1) is 32.3 Å². The van der Waals surface area contributed by atoms with Crippen LogP contribution in [0, 0.1) is 35.5 Å². The normalized spacial score (nSPS) is 14.7. The largest absolute Gasteiger partial charge is 0.481 e. The molecule has 462 valence electrons. The molecule has 12 amide bonds. The Balaban J connectivity index is 6.07. The van der Waals surface area contributed by atoms with Gasteiger partial charge in [-0.1, -0.05) is 83.1 Å². The number of rotatable bonds is 39. The van der Waals surface area contributed by atoms with E-state index in [4.69, 9.17) is 11.5 Å². The van der Waals surface area contributed by atoms with Crippen molar-refractivity contribution >= 4 is 76.9 Å². The van der Waals surface area contributed by atoms with E-state index < -0.39 is 164 Å². The van der Waals surface area contributed by atoms with Crippen molar-refractivity contribution in [2.45, 2.75) is 196 Å². The number of hydrogen-bond donors (Lipinski definition) is 15. The van der Waals surface area contributed by atoms with Crippen molar-refractivity contribution in [2.75, 3.05) is 26.2 Å². The zero-order chi connectivity index (χ0) is 62.4.